The molecular weight excluding hydrogens is 330 g/mol. The molecule has 0 radical (unpaired) electrons. The molecule has 0 bridgehead atoms. The molecule has 1 fully saturated rings. The van der Waals surface area contributed by atoms with Crippen LogP contribution in [0, 0.1) is 0 Å². The van der Waals surface area contributed by atoms with Crippen LogP contribution in [0.5, 0.6) is 5.88 Å². The molecule has 0 saturated heterocycles. The van der Waals surface area contributed by atoms with Crippen LogP contribution in [0.4, 0.5) is 0 Å². The number of ether oxygens (including phenoxy) is 1. The average Bonchev–Trinajstić information content (AvgIpc) is 3.08. The lowest BCUT2D eigenvalue weighted by Crippen LogP contribution is -2.48. The highest BCUT2D eigenvalue weighted by atomic mass is 16.5. The Morgan fingerprint density at radius 3 is 2.58 bits per heavy atom. The van der Waals surface area contributed by atoms with Crippen molar-refractivity contribution in [2.45, 2.75) is 64.6 Å². The van der Waals surface area contributed by atoms with Gasteiger partial charge in [0.25, 0.3) is 0 Å². The highest BCUT2D eigenvalue weighted by Crippen LogP contribution is 2.22. The molecule has 1 aromatic rings. The van der Waals surface area contributed by atoms with Crippen molar-refractivity contribution in [3.63, 3.8) is 0 Å². The van der Waals surface area contributed by atoms with Crippen LogP contribution in [-0.2, 0) is 11.3 Å². The van der Waals surface area contributed by atoms with Gasteiger partial charge in [-0.1, -0.05) is 6.07 Å². The van der Waals surface area contributed by atoms with E-state index in [2.05, 4.69) is 25.9 Å². The molecule has 0 aromatic carbocycles. The van der Waals surface area contributed by atoms with Crippen molar-refractivity contribution >= 4 is 11.9 Å². The average molecular weight is 361 g/mol. The molecule has 1 aliphatic rings. The summed E-state index contributed by atoms with van der Waals surface area (Å²) in [5.74, 6) is 1.18. The molecule has 26 heavy (non-hydrogen) atoms. The lowest BCUT2D eigenvalue weighted by atomic mass is 10.1. The number of nitrogens with one attached hydrogen (secondary N) is 3. The van der Waals surface area contributed by atoms with Crippen molar-refractivity contribution in [2.75, 3.05) is 13.6 Å². The number of aromatic nitrogens is 1. The van der Waals surface area contributed by atoms with E-state index in [1.54, 1.807) is 13.2 Å². The third kappa shape index (κ3) is 7.29. The quantitative estimate of drug-likeness (QED) is 0.533. The first-order valence-electron chi connectivity index (χ1n) is 9.23. The normalized spacial score (nSPS) is 15.6. The Labute approximate surface area is 156 Å². The monoisotopic (exact) mass is 361 g/mol. The van der Waals surface area contributed by atoms with E-state index in [1.807, 2.05) is 32.9 Å². The van der Waals surface area contributed by atoms with Crippen LogP contribution >= 0.6 is 0 Å². The predicted molar refractivity (Wildman–Crippen MR) is 103 cm³/mol. The summed E-state index contributed by atoms with van der Waals surface area (Å²) < 4.78 is 5.87. The molecule has 0 unspecified atom stereocenters. The van der Waals surface area contributed by atoms with E-state index < -0.39 is 0 Å². The predicted octanol–water partition coefficient (Wildman–Crippen LogP) is 1.98. The second-order valence-electron chi connectivity index (χ2n) is 7.61. The number of amides is 1. The van der Waals surface area contributed by atoms with E-state index in [9.17, 15) is 4.79 Å². The van der Waals surface area contributed by atoms with Gasteiger partial charge in [0.05, 0.1) is 6.54 Å². The lowest BCUT2D eigenvalue weighted by Gasteiger charge is -2.21. The molecular formula is C19H31N5O2. The van der Waals surface area contributed by atoms with Gasteiger partial charge in [-0.05, 0) is 52.0 Å². The number of nitrogens with zero attached hydrogens (tertiary/aromatic N) is 2. The summed E-state index contributed by atoms with van der Waals surface area (Å²) in [5.41, 5.74) is 0.773. The fourth-order valence-electron chi connectivity index (χ4n) is 2.80. The minimum absolute atomic E-state index is 0.0736. The number of hydrogen-bond donors (Lipinski definition) is 3. The maximum atomic E-state index is 11.9. The molecule has 1 aromatic heterocycles. The zero-order valence-corrected chi connectivity index (χ0v) is 16.3. The molecule has 1 saturated carbocycles. The molecule has 1 amide bonds. The van der Waals surface area contributed by atoms with Gasteiger partial charge in [0.15, 0.2) is 5.96 Å². The van der Waals surface area contributed by atoms with Gasteiger partial charge in [-0.3, -0.25) is 9.79 Å². The summed E-state index contributed by atoms with van der Waals surface area (Å²) in [4.78, 5) is 20.4. The summed E-state index contributed by atoms with van der Waals surface area (Å²) in [6.45, 7) is 6.59. The number of rotatable bonds is 6. The maximum absolute atomic E-state index is 11.9. The van der Waals surface area contributed by atoms with Crippen molar-refractivity contribution in [3.8, 4) is 5.88 Å². The summed E-state index contributed by atoms with van der Waals surface area (Å²) in [7, 11) is 1.67. The lowest BCUT2D eigenvalue weighted by molar-refractivity contribution is -0.121. The summed E-state index contributed by atoms with van der Waals surface area (Å²) in [5, 5.41) is 9.08. The second-order valence-corrected chi connectivity index (χ2v) is 7.61. The van der Waals surface area contributed by atoms with Gasteiger partial charge < -0.3 is 20.7 Å². The molecule has 2 rings (SSSR count). The van der Waals surface area contributed by atoms with E-state index in [0.717, 1.165) is 18.4 Å². The van der Waals surface area contributed by atoms with Gasteiger partial charge >= 0.3 is 0 Å². The summed E-state index contributed by atoms with van der Waals surface area (Å²) in [6.07, 6.45) is 6.84. The minimum Gasteiger partial charge on any atom is -0.474 e. The fourth-order valence-corrected chi connectivity index (χ4v) is 2.80. The highest BCUT2D eigenvalue weighted by molar-refractivity contribution is 5.86. The van der Waals surface area contributed by atoms with Gasteiger partial charge in [0, 0.05) is 31.4 Å². The van der Waals surface area contributed by atoms with E-state index in [0.29, 0.717) is 24.5 Å². The Morgan fingerprint density at radius 2 is 2.00 bits per heavy atom. The third-order valence-corrected chi connectivity index (χ3v) is 4.00. The number of hydrogen-bond acceptors (Lipinski definition) is 4. The van der Waals surface area contributed by atoms with Crippen molar-refractivity contribution in [3.05, 3.63) is 23.9 Å². The van der Waals surface area contributed by atoms with Crippen LogP contribution in [0.2, 0.25) is 0 Å². The van der Waals surface area contributed by atoms with Gasteiger partial charge in [-0.2, -0.15) is 0 Å². The third-order valence-electron chi connectivity index (χ3n) is 4.00. The molecule has 0 aliphatic heterocycles. The van der Waals surface area contributed by atoms with Crippen molar-refractivity contribution in [2.24, 2.45) is 4.99 Å². The first kappa shape index (κ1) is 20.0. The largest absolute Gasteiger partial charge is 0.474 e. The number of aliphatic imine (C=N–C) groups is 1. The van der Waals surface area contributed by atoms with Crippen LogP contribution < -0.4 is 20.7 Å². The first-order valence-corrected chi connectivity index (χ1v) is 9.23. The van der Waals surface area contributed by atoms with Crippen LogP contribution in [-0.4, -0.2) is 42.1 Å². The van der Waals surface area contributed by atoms with Gasteiger partial charge in [-0.15, -0.1) is 0 Å². The van der Waals surface area contributed by atoms with Crippen molar-refractivity contribution < 1.29 is 9.53 Å². The Kier molecular flexibility index (Phi) is 7.24. The Bertz CT molecular complexity index is 601. The smallest absolute Gasteiger partial charge is 0.239 e. The molecule has 7 nitrogen and oxygen atoms in total. The van der Waals surface area contributed by atoms with E-state index in [4.69, 9.17) is 4.74 Å². The molecule has 0 spiro atoms. The second kappa shape index (κ2) is 9.40. The number of carbonyl (C=O) groups is 1. The van der Waals surface area contributed by atoms with Gasteiger partial charge in [-0.25, -0.2) is 4.98 Å². The summed E-state index contributed by atoms with van der Waals surface area (Å²) in [6, 6.07) is 3.90. The van der Waals surface area contributed by atoms with Gasteiger partial charge in [0.2, 0.25) is 11.8 Å². The van der Waals surface area contributed by atoms with E-state index >= 15 is 0 Å². The van der Waals surface area contributed by atoms with E-state index in [-0.39, 0.29) is 18.0 Å². The summed E-state index contributed by atoms with van der Waals surface area (Å²) >= 11 is 0. The van der Waals surface area contributed by atoms with Crippen LogP contribution in [0.15, 0.2) is 23.3 Å². The van der Waals surface area contributed by atoms with Crippen molar-refractivity contribution in [1.29, 1.82) is 0 Å². The molecule has 3 N–H and O–H groups in total. The van der Waals surface area contributed by atoms with Crippen LogP contribution in [0.1, 0.15) is 52.0 Å². The van der Waals surface area contributed by atoms with E-state index in [1.165, 1.54) is 12.8 Å². The topological polar surface area (TPSA) is 87.6 Å². The van der Waals surface area contributed by atoms with Crippen LogP contribution in [0.25, 0.3) is 0 Å². The molecule has 7 heteroatoms. The SMILES string of the molecule is CN=C(NCC(=O)NC(C)(C)C)NCc1ccc(OC2CCCC2)nc1. The zero-order valence-electron chi connectivity index (χ0n) is 16.3. The van der Waals surface area contributed by atoms with Crippen LogP contribution in [0.3, 0.4) is 0 Å². The number of carbonyl (C=O) groups excluding carboxylic acids is 1. The Hall–Kier alpha value is -2.31. The zero-order chi connectivity index (χ0) is 19.0. The fraction of sp³-hybridized carbons (Fsp3) is 0.632. The standard InChI is InChI=1S/C19H31N5O2/c1-19(2,3)24-16(25)13-23-18(20-4)22-12-14-9-10-17(21-11-14)26-15-7-5-6-8-15/h9-11,15H,5-8,12-13H2,1-4H3,(H,24,25)(H2,20,22,23). The Morgan fingerprint density at radius 1 is 1.27 bits per heavy atom. The van der Waals surface area contributed by atoms with Crippen molar-refractivity contribution in [1.82, 2.24) is 20.9 Å². The number of guanidine groups is 1. The number of pyridine rings is 1. The molecule has 0 atom stereocenters. The minimum atomic E-state index is -0.246. The first-order chi connectivity index (χ1) is 12.4. The molecule has 1 aliphatic carbocycles. The Balaban J connectivity index is 1.74. The highest BCUT2D eigenvalue weighted by Gasteiger charge is 2.17. The maximum Gasteiger partial charge on any atom is 0.239 e. The molecule has 144 valence electrons. The molecule has 1 heterocycles. The van der Waals surface area contributed by atoms with Gasteiger partial charge in [0.1, 0.15) is 6.10 Å².